The zero-order valence-electron chi connectivity index (χ0n) is 12.3. The predicted molar refractivity (Wildman–Crippen MR) is 81.1 cm³/mol. The maximum absolute atomic E-state index is 11.7. The first-order valence-electron chi connectivity index (χ1n) is 7.38. The molecule has 110 valence electrons. The fraction of sp³-hybridized carbons (Fsp3) is 0.562. The van der Waals surface area contributed by atoms with E-state index in [1.165, 1.54) is 5.69 Å². The number of rotatable bonds is 5. The third kappa shape index (κ3) is 3.12. The van der Waals surface area contributed by atoms with Gasteiger partial charge < -0.3 is 10.0 Å². The van der Waals surface area contributed by atoms with Crippen molar-refractivity contribution in [1.29, 1.82) is 0 Å². The topological polar surface area (TPSA) is 52.6 Å². The van der Waals surface area contributed by atoms with Crippen molar-refractivity contribution in [2.75, 3.05) is 18.0 Å². The molecule has 0 aromatic heterocycles. The molecule has 1 heterocycles. The molecule has 1 atom stereocenters. The molecule has 0 saturated carbocycles. The summed E-state index contributed by atoms with van der Waals surface area (Å²) in [4.78, 5) is 14.0. The largest absolute Gasteiger partial charge is 0.480 e. The molecule has 2 rings (SSSR count). The Hall–Kier alpha value is -1.55. The van der Waals surface area contributed by atoms with Gasteiger partial charge in [0.15, 0.2) is 0 Å². The van der Waals surface area contributed by atoms with Crippen molar-refractivity contribution in [2.45, 2.75) is 44.7 Å². The molecule has 1 fully saturated rings. The van der Waals surface area contributed by atoms with Crippen LogP contribution in [0.25, 0.3) is 0 Å². The van der Waals surface area contributed by atoms with E-state index in [0.717, 1.165) is 19.5 Å². The van der Waals surface area contributed by atoms with Gasteiger partial charge in [0.25, 0.3) is 0 Å². The minimum absolute atomic E-state index is 0.231. The molecule has 0 spiro atoms. The first kappa shape index (κ1) is 14.9. The lowest BCUT2D eigenvalue weighted by Gasteiger charge is -2.41. The zero-order valence-corrected chi connectivity index (χ0v) is 12.3. The van der Waals surface area contributed by atoms with Crippen molar-refractivity contribution in [1.82, 2.24) is 5.32 Å². The van der Waals surface area contributed by atoms with Gasteiger partial charge in [-0.15, -0.1) is 0 Å². The molecular formula is C16H24N2O2. The van der Waals surface area contributed by atoms with E-state index in [1.54, 1.807) is 0 Å². The van der Waals surface area contributed by atoms with E-state index in [2.05, 4.69) is 29.3 Å². The van der Waals surface area contributed by atoms with Gasteiger partial charge in [-0.2, -0.15) is 0 Å². The van der Waals surface area contributed by atoms with Gasteiger partial charge in [-0.3, -0.25) is 10.1 Å². The lowest BCUT2D eigenvalue weighted by molar-refractivity contribution is -0.146. The number of anilines is 1. The zero-order chi connectivity index (χ0) is 14.6. The van der Waals surface area contributed by atoms with Crippen LogP contribution in [0.2, 0.25) is 0 Å². The summed E-state index contributed by atoms with van der Waals surface area (Å²) in [6.07, 6.45) is 2.22. The Morgan fingerprint density at radius 2 is 1.95 bits per heavy atom. The van der Waals surface area contributed by atoms with Crippen molar-refractivity contribution in [3.05, 3.63) is 30.3 Å². The summed E-state index contributed by atoms with van der Waals surface area (Å²) in [5, 5.41) is 12.9. The minimum Gasteiger partial charge on any atom is -0.480 e. The van der Waals surface area contributed by atoms with Gasteiger partial charge in [0, 0.05) is 24.8 Å². The van der Waals surface area contributed by atoms with Crippen LogP contribution in [0.1, 0.15) is 33.1 Å². The average molecular weight is 276 g/mol. The quantitative estimate of drug-likeness (QED) is 0.867. The van der Waals surface area contributed by atoms with Crippen molar-refractivity contribution in [3.8, 4) is 0 Å². The molecule has 2 N–H and O–H groups in total. The van der Waals surface area contributed by atoms with Crippen LogP contribution in [0, 0.1) is 0 Å². The summed E-state index contributed by atoms with van der Waals surface area (Å²) >= 11 is 0. The SMILES string of the molecule is CCC(C)NC1(C(=O)O)CCN(c2ccccc2)CC1. The van der Waals surface area contributed by atoms with Gasteiger partial charge in [0.05, 0.1) is 0 Å². The fourth-order valence-corrected chi connectivity index (χ4v) is 2.78. The molecule has 0 bridgehead atoms. The molecule has 1 aliphatic rings. The van der Waals surface area contributed by atoms with E-state index in [9.17, 15) is 9.90 Å². The maximum Gasteiger partial charge on any atom is 0.324 e. The number of carbonyl (C=O) groups is 1. The van der Waals surface area contributed by atoms with E-state index in [4.69, 9.17) is 0 Å². The van der Waals surface area contributed by atoms with Gasteiger partial charge in [0.1, 0.15) is 5.54 Å². The number of nitrogens with zero attached hydrogens (tertiary/aromatic N) is 1. The minimum atomic E-state index is -0.763. The first-order chi connectivity index (χ1) is 9.57. The van der Waals surface area contributed by atoms with Crippen LogP contribution in [-0.2, 0) is 4.79 Å². The number of nitrogens with one attached hydrogen (secondary N) is 1. The van der Waals surface area contributed by atoms with Crippen LogP contribution < -0.4 is 10.2 Å². The lowest BCUT2D eigenvalue weighted by Crippen LogP contribution is -2.60. The van der Waals surface area contributed by atoms with E-state index >= 15 is 0 Å². The number of hydrogen-bond acceptors (Lipinski definition) is 3. The molecule has 4 heteroatoms. The van der Waals surface area contributed by atoms with Crippen LogP contribution in [0.5, 0.6) is 0 Å². The Balaban J connectivity index is 2.05. The van der Waals surface area contributed by atoms with Crippen LogP contribution in [0.3, 0.4) is 0 Å². The Kier molecular flexibility index (Phi) is 4.65. The van der Waals surface area contributed by atoms with Crippen molar-refractivity contribution in [2.24, 2.45) is 0 Å². The number of aliphatic carboxylic acids is 1. The Labute approximate surface area is 120 Å². The Morgan fingerprint density at radius 3 is 2.45 bits per heavy atom. The molecule has 1 aromatic rings. The molecule has 20 heavy (non-hydrogen) atoms. The Bertz CT molecular complexity index is 439. The van der Waals surface area contributed by atoms with Crippen LogP contribution >= 0.6 is 0 Å². The summed E-state index contributed by atoms with van der Waals surface area (Å²) in [5.41, 5.74) is 0.413. The van der Waals surface area contributed by atoms with Crippen molar-refractivity contribution in [3.63, 3.8) is 0 Å². The molecular weight excluding hydrogens is 252 g/mol. The second-order valence-electron chi connectivity index (χ2n) is 5.66. The molecule has 1 saturated heterocycles. The smallest absolute Gasteiger partial charge is 0.324 e. The molecule has 1 aromatic carbocycles. The number of piperidine rings is 1. The van der Waals surface area contributed by atoms with E-state index in [1.807, 2.05) is 25.1 Å². The van der Waals surface area contributed by atoms with Gasteiger partial charge >= 0.3 is 5.97 Å². The van der Waals surface area contributed by atoms with Crippen LogP contribution in [0.15, 0.2) is 30.3 Å². The summed E-state index contributed by atoms with van der Waals surface area (Å²) in [6, 6.07) is 10.4. The summed E-state index contributed by atoms with van der Waals surface area (Å²) in [5.74, 6) is -0.717. The monoisotopic (exact) mass is 276 g/mol. The molecule has 1 unspecified atom stereocenters. The van der Waals surface area contributed by atoms with E-state index < -0.39 is 11.5 Å². The third-order valence-electron chi connectivity index (χ3n) is 4.28. The molecule has 1 aliphatic heterocycles. The normalized spacial score (nSPS) is 19.6. The predicted octanol–water partition coefficient (Wildman–Crippen LogP) is 2.50. The number of benzene rings is 1. The number of carboxylic acid groups (broad SMARTS) is 1. The number of para-hydroxylation sites is 1. The van der Waals surface area contributed by atoms with Gasteiger partial charge in [0.2, 0.25) is 0 Å². The summed E-state index contributed by atoms with van der Waals surface area (Å²) in [6.45, 7) is 5.68. The second-order valence-corrected chi connectivity index (χ2v) is 5.66. The molecule has 0 amide bonds. The highest BCUT2D eigenvalue weighted by atomic mass is 16.4. The standard InChI is InChI=1S/C16H24N2O2/c1-3-13(2)17-16(15(19)20)9-11-18(12-10-16)14-7-5-4-6-8-14/h4-8,13,17H,3,9-12H2,1-2H3,(H,19,20). The average Bonchev–Trinajstić information content (AvgIpc) is 2.48. The number of hydrogen-bond donors (Lipinski definition) is 2. The van der Waals surface area contributed by atoms with Gasteiger partial charge in [-0.1, -0.05) is 25.1 Å². The molecule has 0 radical (unpaired) electrons. The highest BCUT2D eigenvalue weighted by molar-refractivity contribution is 5.79. The summed E-state index contributed by atoms with van der Waals surface area (Å²) < 4.78 is 0. The van der Waals surface area contributed by atoms with Crippen LogP contribution in [0.4, 0.5) is 5.69 Å². The highest BCUT2D eigenvalue weighted by Crippen LogP contribution is 2.27. The first-order valence-corrected chi connectivity index (χ1v) is 7.38. The van der Waals surface area contributed by atoms with Crippen molar-refractivity contribution < 1.29 is 9.90 Å². The molecule has 0 aliphatic carbocycles. The number of carboxylic acids is 1. The summed E-state index contributed by atoms with van der Waals surface area (Å²) in [7, 11) is 0. The van der Waals surface area contributed by atoms with Gasteiger partial charge in [-0.25, -0.2) is 0 Å². The van der Waals surface area contributed by atoms with Gasteiger partial charge in [-0.05, 0) is 38.3 Å². The Morgan fingerprint density at radius 1 is 1.35 bits per heavy atom. The third-order valence-corrected chi connectivity index (χ3v) is 4.28. The van der Waals surface area contributed by atoms with Crippen LogP contribution in [-0.4, -0.2) is 35.7 Å². The molecule has 4 nitrogen and oxygen atoms in total. The highest BCUT2D eigenvalue weighted by Gasteiger charge is 2.42. The van der Waals surface area contributed by atoms with Crippen molar-refractivity contribution >= 4 is 11.7 Å². The van der Waals surface area contributed by atoms with E-state index in [0.29, 0.717) is 12.8 Å². The fourth-order valence-electron chi connectivity index (χ4n) is 2.78. The second kappa shape index (κ2) is 6.27. The lowest BCUT2D eigenvalue weighted by atomic mass is 9.86. The maximum atomic E-state index is 11.7. The van der Waals surface area contributed by atoms with E-state index in [-0.39, 0.29) is 6.04 Å².